The van der Waals surface area contributed by atoms with Gasteiger partial charge >= 0.3 is 22.8 Å². The Morgan fingerprint density at radius 1 is 0.256 bits per heavy atom. The van der Waals surface area contributed by atoms with Crippen LogP contribution >= 0.6 is 22.8 Å². The van der Waals surface area contributed by atoms with E-state index in [1.54, 1.807) is 36.4 Å². The van der Waals surface area contributed by atoms with Gasteiger partial charge in [-0.3, -0.25) is 13.7 Å². The largest absolute Gasteiger partial charge is 0.329 e. The summed E-state index contributed by atoms with van der Waals surface area (Å²) in [6.45, 7) is 1.80. The number of pyridine rings is 3. The van der Waals surface area contributed by atoms with Gasteiger partial charge in [-0.2, -0.15) is 0 Å². The third-order valence-electron chi connectivity index (χ3n) is 13.1. The molecule has 0 aliphatic heterocycles. The molecule has 0 spiro atoms. The summed E-state index contributed by atoms with van der Waals surface area (Å²) in [6, 6.07) is 58.5. The fourth-order valence-corrected chi connectivity index (χ4v) is 11.1. The van der Waals surface area contributed by atoms with Gasteiger partial charge in [0.1, 0.15) is 0 Å². The van der Waals surface area contributed by atoms with Crippen LogP contribution in [0.3, 0.4) is 0 Å². The first-order valence-corrected chi connectivity index (χ1v) is 30.2. The Morgan fingerprint density at radius 2 is 0.436 bits per heavy atom. The summed E-state index contributed by atoms with van der Waals surface area (Å²) in [4.78, 5) is 71.1. The Morgan fingerprint density at radius 3 is 0.641 bits per heavy atom. The van der Waals surface area contributed by atoms with Crippen molar-refractivity contribution in [3.05, 3.63) is 253 Å². The highest BCUT2D eigenvalue weighted by Gasteiger charge is 2.19. The Bertz CT molecular complexity index is 3420. The average Bonchev–Trinajstić information content (AvgIpc) is 3.42. The van der Waals surface area contributed by atoms with E-state index in [1.807, 2.05) is 196 Å². The number of rotatable bonds is 18. The van der Waals surface area contributed by atoms with E-state index in [9.17, 15) is 43.1 Å². The van der Waals surface area contributed by atoms with E-state index in [0.717, 1.165) is 66.8 Å². The molecule has 10 aromatic rings. The number of nitrogens with zero attached hydrogens (tertiary/aromatic N) is 6. The van der Waals surface area contributed by atoms with Gasteiger partial charge < -0.3 is 29.4 Å². The van der Waals surface area contributed by atoms with Crippen molar-refractivity contribution in [3.63, 3.8) is 0 Å². The second kappa shape index (κ2) is 23.1. The first kappa shape index (κ1) is 53.6. The Balaban J connectivity index is 0.877. The molecule has 78 heavy (non-hydrogen) atoms. The highest BCUT2D eigenvalue weighted by Crippen LogP contribution is 2.41. The molecule has 15 nitrogen and oxygen atoms in total. The maximum Gasteiger partial charge on any atom is 0.329 e. The third-order valence-corrected chi connectivity index (χ3v) is 15.4. The summed E-state index contributed by atoms with van der Waals surface area (Å²) >= 11 is 0. The van der Waals surface area contributed by atoms with Crippen molar-refractivity contribution in [2.75, 3.05) is 0 Å². The zero-order valence-corrected chi connectivity index (χ0v) is 44.6. The molecule has 0 unspecified atom stereocenters. The van der Waals surface area contributed by atoms with Crippen LogP contribution in [0, 0.1) is 0 Å². The van der Waals surface area contributed by atoms with E-state index in [-0.39, 0.29) is 18.5 Å². The van der Waals surface area contributed by atoms with Gasteiger partial charge in [0, 0.05) is 69.8 Å². The Kier molecular flexibility index (Phi) is 15.8. The molecular weight excluding hydrogens is 1040 g/mol. The van der Waals surface area contributed by atoms with Crippen molar-refractivity contribution in [2.24, 2.45) is 0 Å². The Hall–Kier alpha value is -7.77. The quantitative estimate of drug-likeness (QED) is 0.0349. The van der Waals surface area contributed by atoms with Crippen LogP contribution in [-0.2, 0) is 51.8 Å². The van der Waals surface area contributed by atoms with Gasteiger partial charge in [-0.05, 0) is 50.1 Å². The van der Waals surface area contributed by atoms with Crippen LogP contribution in [0.5, 0.6) is 0 Å². The molecule has 0 saturated carbocycles. The molecule has 0 saturated heterocycles. The molecule has 4 aromatic heterocycles. The van der Waals surface area contributed by atoms with E-state index < -0.39 is 22.8 Å². The van der Waals surface area contributed by atoms with Crippen LogP contribution in [0.1, 0.15) is 33.4 Å². The van der Waals surface area contributed by atoms with Gasteiger partial charge in [0.15, 0.2) is 74.3 Å². The normalized spacial score (nSPS) is 11.9. The lowest BCUT2D eigenvalue weighted by Gasteiger charge is -2.10. The van der Waals surface area contributed by atoms with E-state index in [1.165, 1.54) is 0 Å². The van der Waals surface area contributed by atoms with Crippen molar-refractivity contribution in [1.82, 2.24) is 15.0 Å². The summed E-state index contributed by atoms with van der Waals surface area (Å²) < 4.78 is 40.4. The Labute approximate surface area is 450 Å². The van der Waals surface area contributed by atoms with Crippen LogP contribution in [0.2, 0.25) is 0 Å². The van der Waals surface area contributed by atoms with Gasteiger partial charge in [0.2, 0.25) is 0 Å². The highest BCUT2D eigenvalue weighted by molar-refractivity contribution is 7.51. The van der Waals surface area contributed by atoms with Crippen LogP contribution < -0.4 is 13.7 Å². The van der Waals surface area contributed by atoms with Crippen molar-refractivity contribution >= 4 is 22.8 Å². The van der Waals surface area contributed by atoms with Crippen LogP contribution in [0.25, 0.3) is 67.5 Å². The predicted molar refractivity (Wildman–Crippen MR) is 297 cm³/mol. The first-order chi connectivity index (χ1) is 37.4. The second-order valence-corrected chi connectivity index (χ2v) is 24.2. The molecule has 0 atom stereocenters. The van der Waals surface area contributed by atoms with E-state index in [2.05, 4.69) is 0 Å². The third kappa shape index (κ3) is 14.6. The molecule has 18 heteroatoms. The maximum absolute atomic E-state index is 11.4. The standard InChI is InChI=1S/C60H51N6O9P3/c67-76(68,69)40-46-7-1-43(2-8-46)37-64-31-25-52(26-32-64)49-13-19-55(20-14-49)58-61-59(56-21-15-50(16-22-56)53-27-33-65(34-28-53)38-44-3-9-47(10-4-44)41-77(70,71)72)63-60(62-58)57-23-17-51(18-24-57)54-29-35-66(36-30-54)39-45-5-11-48(12-6-45)42-78(73,74)75/h1-36H,37-42H2,(H3-3,67,68,69,70,71,72,73,74,75)/p+3. The zero-order chi connectivity index (χ0) is 54.4. The molecule has 0 radical (unpaired) electrons. The topological polar surface area (TPSA) is 223 Å². The maximum atomic E-state index is 11.4. The van der Waals surface area contributed by atoms with Gasteiger partial charge in [-0.15, -0.1) is 0 Å². The van der Waals surface area contributed by atoms with Crippen molar-refractivity contribution < 1.29 is 56.8 Å². The van der Waals surface area contributed by atoms with Crippen molar-refractivity contribution in [3.8, 4) is 67.5 Å². The monoisotopic (exact) mass is 1100 g/mol. The molecular formula is C60H54N6O9P3+3. The predicted octanol–water partition coefficient (Wildman–Crippen LogP) is 9.91. The van der Waals surface area contributed by atoms with Gasteiger partial charge in [0.05, 0.1) is 18.5 Å². The van der Waals surface area contributed by atoms with Crippen LogP contribution in [0.15, 0.2) is 219 Å². The summed E-state index contributed by atoms with van der Waals surface area (Å²) in [6.07, 6.45) is 11.2. The van der Waals surface area contributed by atoms with E-state index >= 15 is 0 Å². The smallest absolute Gasteiger partial charge is 0.324 e. The fourth-order valence-electron chi connectivity index (χ4n) is 9.06. The molecule has 0 aliphatic carbocycles. The molecule has 6 aromatic carbocycles. The lowest BCUT2D eigenvalue weighted by Crippen LogP contribution is -2.32. The average molecular weight is 1100 g/mol. The molecule has 10 rings (SSSR count). The number of aromatic nitrogens is 6. The van der Waals surface area contributed by atoms with Crippen LogP contribution in [0.4, 0.5) is 0 Å². The second-order valence-electron chi connectivity index (χ2n) is 19.2. The molecule has 6 N–H and O–H groups in total. The van der Waals surface area contributed by atoms with Gasteiger partial charge in [-0.25, -0.2) is 28.7 Å². The molecule has 0 fully saturated rings. The first-order valence-electron chi connectivity index (χ1n) is 24.8. The van der Waals surface area contributed by atoms with E-state index in [4.69, 9.17) is 15.0 Å². The summed E-state index contributed by atoms with van der Waals surface area (Å²) in [5, 5.41) is 0. The highest BCUT2D eigenvalue weighted by atomic mass is 31.2. The fraction of sp³-hybridized carbons (Fsp3) is 0.100. The molecule has 4 heterocycles. The number of hydrogen-bond acceptors (Lipinski definition) is 6. The molecule has 390 valence electrons. The van der Waals surface area contributed by atoms with Crippen LogP contribution in [-0.4, -0.2) is 44.3 Å². The minimum Gasteiger partial charge on any atom is -0.324 e. The SMILES string of the molecule is O=P(O)(O)Cc1ccc(C[n+]2ccc(-c3ccc(-c4nc(-c5ccc(-c6cc[n+](Cc7ccc(CP(=O)(O)O)cc7)cc6)cc5)nc(-c5ccc(-c6cc[n+](Cc7ccc(CP(=O)(O)O)cc7)cc6)cc5)n4)cc3)cc2)cc1. The minimum atomic E-state index is -4.14. The number of benzene rings is 6. The lowest BCUT2D eigenvalue weighted by molar-refractivity contribution is -0.688. The zero-order valence-electron chi connectivity index (χ0n) is 42.0. The summed E-state index contributed by atoms with van der Waals surface area (Å²) in [5.74, 6) is 1.54. The summed E-state index contributed by atoms with van der Waals surface area (Å²) in [7, 11) is -12.4. The van der Waals surface area contributed by atoms with Crippen molar-refractivity contribution in [1.29, 1.82) is 0 Å². The summed E-state index contributed by atoms with van der Waals surface area (Å²) in [5.41, 5.74) is 13.3. The minimum absolute atomic E-state index is 0.286. The lowest BCUT2D eigenvalue weighted by atomic mass is 10.0. The molecule has 0 bridgehead atoms. The van der Waals surface area contributed by atoms with E-state index in [0.29, 0.717) is 53.8 Å². The van der Waals surface area contributed by atoms with Gasteiger partial charge in [-0.1, -0.05) is 146 Å². The van der Waals surface area contributed by atoms with Gasteiger partial charge in [0.25, 0.3) is 0 Å². The number of hydrogen-bond donors (Lipinski definition) is 6. The molecule has 0 aliphatic rings. The van der Waals surface area contributed by atoms with Crippen molar-refractivity contribution in [2.45, 2.75) is 38.1 Å². The molecule has 0 amide bonds.